The molecule has 0 atom stereocenters. The number of unbranched alkanes of at least 4 members (excludes halogenated alkanes) is 13. The summed E-state index contributed by atoms with van der Waals surface area (Å²) in [5.41, 5.74) is 0. The van der Waals surface area contributed by atoms with Crippen LogP contribution in [0.5, 0.6) is 0 Å². The van der Waals surface area contributed by atoms with Crippen LogP contribution in [0.4, 0.5) is 0 Å². The Bertz CT molecular complexity index is 332. The monoisotopic (exact) mass is 552 g/mol. The molecule has 0 aromatic heterocycles. The zero-order chi connectivity index (χ0) is 21.6. The van der Waals surface area contributed by atoms with Gasteiger partial charge in [-0.05, 0) is 6.42 Å². The van der Waals surface area contributed by atoms with Crippen molar-refractivity contribution in [2.24, 2.45) is 0 Å². The fourth-order valence-electron chi connectivity index (χ4n) is 2.31. The Hall–Kier alpha value is 3.96. The fourth-order valence-corrected chi connectivity index (χ4v) is 2.31. The van der Waals surface area contributed by atoms with Crippen LogP contribution in [0.2, 0.25) is 0 Å². The number of hydrogen-bond acceptors (Lipinski definition) is 9. The largest absolute Gasteiger partial charge is 2.00 e. The molecule has 0 rings (SSSR count). The van der Waals surface area contributed by atoms with Gasteiger partial charge in [-0.1, -0.05) is 90.4 Å². The molecule has 1 N–H and O–H groups in total. The number of hydrogen-bond donors (Lipinski definition) is 1. The van der Waals surface area contributed by atoms with Crippen LogP contribution in [-0.2, 0) is 9.13 Å². The zero-order valence-corrected chi connectivity index (χ0v) is 26.7. The van der Waals surface area contributed by atoms with Crippen LogP contribution in [0.25, 0.3) is 0 Å². The number of aliphatic hydroxyl groups is 1. The Balaban J connectivity index is -0.0000000930. The third-order valence-electron chi connectivity index (χ3n) is 3.51. The van der Waals surface area contributed by atoms with Gasteiger partial charge in [-0.3, -0.25) is 0 Å². The van der Waals surface area contributed by atoms with Crippen molar-refractivity contribution in [3.8, 4) is 0 Å². The molecule has 0 bridgehead atoms. The van der Waals surface area contributed by atoms with Gasteiger partial charge in [0.1, 0.15) is 0 Å². The summed E-state index contributed by atoms with van der Waals surface area (Å²) in [6, 6.07) is 0. The standard InChI is InChI=1S/C16H34O.3Ca.2H3O4P/c1-2-3-4-5-6-7-8-9-10-11-12-13-14-15-16-17;;;;2*1-5(2,3)4/h17H,2-16H2,1H3;;;;2*(H3,1,2,3,4)/q;3*+2;;/p-6. The molecule has 0 amide bonds. The van der Waals surface area contributed by atoms with Crippen LogP contribution in [0.3, 0.4) is 0 Å². The van der Waals surface area contributed by atoms with Gasteiger partial charge in [0.2, 0.25) is 0 Å². The van der Waals surface area contributed by atoms with Crippen LogP contribution < -0.4 is 29.4 Å². The second-order valence-corrected chi connectivity index (χ2v) is 8.00. The summed E-state index contributed by atoms with van der Waals surface area (Å²) >= 11 is 0. The Morgan fingerprint density at radius 3 is 0.833 bits per heavy atom. The van der Waals surface area contributed by atoms with Crippen molar-refractivity contribution in [1.82, 2.24) is 0 Å². The summed E-state index contributed by atoms with van der Waals surface area (Å²) in [4.78, 5) is 51.3. The topological polar surface area (TPSA) is 193 Å². The van der Waals surface area contributed by atoms with Gasteiger partial charge in [0.25, 0.3) is 0 Å². The van der Waals surface area contributed by atoms with Crippen molar-refractivity contribution in [1.29, 1.82) is 0 Å². The normalized spacial score (nSPS) is 10.1. The molecule has 0 aliphatic heterocycles. The summed E-state index contributed by atoms with van der Waals surface area (Å²) in [5.74, 6) is 0. The van der Waals surface area contributed by atoms with Crippen molar-refractivity contribution in [3.05, 3.63) is 0 Å². The fraction of sp³-hybridized carbons (Fsp3) is 1.00. The maximum absolute atomic E-state index is 8.64. The number of rotatable bonds is 14. The van der Waals surface area contributed by atoms with Gasteiger partial charge >= 0.3 is 113 Å². The maximum atomic E-state index is 8.64. The smallest absolute Gasteiger partial charge is 0.822 e. The second kappa shape index (κ2) is 35.1. The first-order valence-corrected chi connectivity index (χ1v) is 12.4. The van der Waals surface area contributed by atoms with Crippen LogP contribution in [0.1, 0.15) is 96.8 Å². The van der Waals surface area contributed by atoms with Gasteiger partial charge in [0.15, 0.2) is 0 Å². The molecular weight excluding hydrogens is 518 g/mol. The predicted molar refractivity (Wildman–Crippen MR) is 110 cm³/mol. The van der Waals surface area contributed by atoms with Gasteiger partial charge in [-0.25, -0.2) is 0 Å². The van der Waals surface area contributed by atoms with Crippen LogP contribution in [-0.4, -0.2) is 125 Å². The third-order valence-corrected chi connectivity index (χ3v) is 3.51. The van der Waals surface area contributed by atoms with E-state index in [0.29, 0.717) is 6.61 Å². The molecule has 14 heteroatoms. The molecule has 30 heavy (non-hydrogen) atoms. The third kappa shape index (κ3) is 95.0. The molecule has 0 aromatic rings. The molecule has 168 valence electrons. The van der Waals surface area contributed by atoms with E-state index < -0.39 is 15.6 Å². The average Bonchev–Trinajstić information content (AvgIpc) is 2.49. The van der Waals surface area contributed by atoms with E-state index in [9.17, 15) is 0 Å². The van der Waals surface area contributed by atoms with Crippen molar-refractivity contribution in [2.75, 3.05) is 6.61 Å². The van der Waals surface area contributed by atoms with Crippen molar-refractivity contribution >= 4 is 129 Å². The van der Waals surface area contributed by atoms with Gasteiger partial charge in [-0.2, -0.15) is 15.6 Å². The Morgan fingerprint density at radius 1 is 0.500 bits per heavy atom. The summed E-state index contributed by atoms with van der Waals surface area (Å²) in [5, 5.41) is 8.64. The number of aliphatic hydroxyl groups excluding tert-OH is 1. The zero-order valence-electron chi connectivity index (χ0n) is 18.3. The molecule has 0 unspecified atom stereocenters. The van der Waals surface area contributed by atoms with E-state index in [1.807, 2.05) is 0 Å². The molecular formula is C16H34Ca3O9P2. The van der Waals surface area contributed by atoms with Crippen molar-refractivity contribution in [2.45, 2.75) is 96.8 Å². The maximum Gasteiger partial charge on any atom is 2.00 e. The summed E-state index contributed by atoms with van der Waals surface area (Å²) in [6.45, 7) is 2.65. The molecule has 0 aromatic carbocycles. The summed E-state index contributed by atoms with van der Waals surface area (Å²) in [7, 11) is -10.8. The Kier molecular flexibility index (Phi) is 55.2. The van der Waals surface area contributed by atoms with Gasteiger partial charge in [0.05, 0.1) is 0 Å². The molecule has 0 saturated carbocycles. The van der Waals surface area contributed by atoms with Gasteiger partial charge < -0.3 is 43.6 Å². The Morgan fingerprint density at radius 2 is 0.667 bits per heavy atom. The predicted octanol–water partition coefficient (Wildman–Crippen LogP) is -1.33. The molecule has 0 aliphatic rings. The first-order valence-electron chi connectivity index (χ1n) is 9.48. The van der Waals surface area contributed by atoms with Crippen LogP contribution >= 0.6 is 15.6 Å². The van der Waals surface area contributed by atoms with Crippen LogP contribution in [0.15, 0.2) is 0 Å². The van der Waals surface area contributed by atoms with E-state index in [1.54, 1.807) is 0 Å². The molecule has 0 radical (unpaired) electrons. The molecule has 0 heterocycles. The number of phosphoric acid groups is 2. The molecule has 0 aliphatic carbocycles. The summed E-state index contributed by atoms with van der Waals surface area (Å²) in [6.07, 6.45) is 19.2. The minimum Gasteiger partial charge on any atom is -0.822 e. The van der Waals surface area contributed by atoms with Crippen molar-refractivity contribution in [3.63, 3.8) is 0 Å². The summed E-state index contributed by atoms with van der Waals surface area (Å²) < 4.78 is 17.1. The average molecular weight is 553 g/mol. The van der Waals surface area contributed by atoms with E-state index in [2.05, 4.69) is 6.92 Å². The molecule has 0 fully saturated rings. The van der Waals surface area contributed by atoms with Crippen molar-refractivity contribution < 1.29 is 43.6 Å². The quantitative estimate of drug-likeness (QED) is 0.154. The van der Waals surface area contributed by atoms with E-state index in [1.165, 1.54) is 83.5 Å². The minimum absolute atomic E-state index is 0. The first-order chi connectivity index (χ1) is 12.4. The van der Waals surface area contributed by atoms with E-state index in [4.69, 9.17) is 43.6 Å². The van der Waals surface area contributed by atoms with Crippen LogP contribution in [0, 0.1) is 0 Å². The van der Waals surface area contributed by atoms with Gasteiger partial charge in [-0.15, -0.1) is 0 Å². The SMILES string of the molecule is CCCCCCCCCCCCCCCCO.O=P([O-])([O-])[O-].O=P([O-])([O-])[O-].[Ca+2].[Ca+2].[Ca+2]. The molecule has 9 nitrogen and oxygen atoms in total. The second-order valence-electron chi connectivity index (χ2n) is 6.21. The Labute approximate surface area is 271 Å². The van der Waals surface area contributed by atoms with E-state index in [-0.39, 0.29) is 113 Å². The first kappa shape index (κ1) is 47.2. The van der Waals surface area contributed by atoms with E-state index in [0.717, 1.165) is 6.42 Å². The molecule has 0 spiro atoms. The van der Waals surface area contributed by atoms with Gasteiger partial charge in [0, 0.05) is 6.61 Å². The van der Waals surface area contributed by atoms with E-state index >= 15 is 0 Å². The molecule has 0 saturated heterocycles. The minimum atomic E-state index is -5.39.